The Balaban J connectivity index is 0.00000192. The Kier molecular flexibility index (Phi) is 6.50. The highest BCUT2D eigenvalue weighted by Crippen LogP contribution is 2.39. The number of benzene rings is 2. The molecule has 0 amide bonds. The Morgan fingerprint density at radius 2 is 1.74 bits per heavy atom. The van der Waals surface area contributed by atoms with Gasteiger partial charge in [0.25, 0.3) is 0 Å². The Labute approximate surface area is 156 Å². The first-order chi connectivity index (χ1) is 10.7. The number of halogens is 2. The van der Waals surface area contributed by atoms with E-state index in [-0.39, 0.29) is 17.0 Å². The Hall–Kier alpha value is -1.04. The second kappa shape index (κ2) is 8.18. The summed E-state index contributed by atoms with van der Waals surface area (Å²) in [5, 5.41) is 3.54. The van der Waals surface area contributed by atoms with Crippen LogP contribution in [0, 0.1) is 0 Å². The molecule has 3 nitrogen and oxygen atoms in total. The maximum Gasteiger partial charge on any atom is 0.161 e. The van der Waals surface area contributed by atoms with Crippen LogP contribution in [-0.2, 0) is 6.42 Å². The molecule has 1 heterocycles. The van der Waals surface area contributed by atoms with E-state index in [0.717, 1.165) is 35.5 Å². The highest BCUT2D eigenvalue weighted by atomic mass is 79.9. The summed E-state index contributed by atoms with van der Waals surface area (Å²) < 4.78 is 12.1. The lowest BCUT2D eigenvalue weighted by Gasteiger charge is -2.21. The van der Waals surface area contributed by atoms with Crippen LogP contribution in [0.3, 0.4) is 0 Å². The van der Waals surface area contributed by atoms with E-state index in [1.807, 2.05) is 6.07 Å². The van der Waals surface area contributed by atoms with Gasteiger partial charge in [-0.25, -0.2) is 0 Å². The van der Waals surface area contributed by atoms with Crippen LogP contribution in [0.4, 0.5) is 0 Å². The van der Waals surface area contributed by atoms with E-state index in [0.29, 0.717) is 5.92 Å². The predicted molar refractivity (Wildman–Crippen MR) is 102 cm³/mol. The van der Waals surface area contributed by atoms with Gasteiger partial charge in [0.15, 0.2) is 11.5 Å². The van der Waals surface area contributed by atoms with Crippen LogP contribution in [0.5, 0.6) is 11.5 Å². The van der Waals surface area contributed by atoms with Gasteiger partial charge in [-0.2, -0.15) is 0 Å². The molecule has 0 saturated heterocycles. The third-order valence-corrected chi connectivity index (χ3v) is 4.94. The second-order valence-corrected chi connectivity index (χ2v) is 6.29. The van der Waals surface area contributed by atoms with Gasteiger partial charge in [0.2, 0.25) is 0 Å². The molecule has 0 aromatic heterocycles. The molecule has 0 radical (unpaired) electrons. The molecule has 1 atom stereocenters. The monoisotopic (exact) mass is 441 g/mol. The molecule has 1 N–H and O–H groups in total. The van der Waals surface area contributed by atoms with Crippen LogP contribution in [-0.4, -0.2) is 27.3 Å². The van der Waals surface area contributed by atoms with E-state index in [1.165, 1.54) is 16.7 Å². The van der Waals surface area contributed by atoms with Crippen molar-refractivity contribution < 1.29 is 9.47 Å². The molecule has 1 aliphatic heterocycles. The molecule has 23 heavy (non-hydrogen) atoms. The van der Waals surface area contributed by atoms with Crippen molar-refractivity contribution in [3.05, 3.63) is 57.6 Å². The zero-order chi connectivity index (χ0) is 15.5. The van der Waals surface area contributed by atoms with E-state index in [2.05, 4.69) is 51.6 Å². The average Bonchev–Trinajstić information content (AvgIpc) is 2.75. The molecule has 1 unspecified atom stereocenters. The summed E-state index contributed by atoms with van der Waals surface area (Å²) in [5.41, 5.74) is 3.93. The molecule has 0 bridgehead atoms. The molecule has 0 aliphatic carbocycles. The Morgan fingerprint density at radius 1 is 1.04 bits per heavy atom. The normalized spacial score (nSPS) is 16.7. The zero-order valence-corrected chi connectivity index (χ0v) is 16.6. The lowest BCUT2D eigenvalue weighted by Crippen LogP contribution is -2.21. The predicted octanol–water partition coefficient (Wildman–Crippen LogP) is 4.32. The number of rotatable bonds is 3. The van der Waals surface area contributed by atoms with E-state index in [9.17, 15) is 0 Å². The van der Waals surface area contributed by atoms with Crippen molar-refractivity contribution in [2.45, 2.75) is 12.3 Å². The summed E-state index contributed by atoms with van der Waals surface area (Å²) in [5.74, 6) is 1.89. The van der Waals surface area contributed by atoms with Gasteiger partial charge >= 0.3 is 0 Å². The summed E-state index contributed by atoms with van der Waals surface area (Å²) in [6, 6.07) is 12.7. The highest BCUT2D eigenvalue weighted by molar-refractivity contribution is 9.10. The molecule has 2 aromatic rings. The fourth-order valence-corrected chi connectivity index (χ4v) is 3.65. The van der Waals surface area contributed by atoms with Crippen LogP contribution in [0.1, 0.15) is 22.6 Å². The van der Waals surface area contributed by atoms with Crippen LogP contribution in [0.25, 0.3) is 0 Å². The number of hydrogen-bond acceptors (Lipinski definition) is 3. The summed E-state index contributed by atoms with van der Waals surface area (Å²) in [6.07, 6.45) is 0.997. The number of methoxy groups -OCH3 is 2. The number of hydrogen-bond donors (Lipinski definition) is 1. The van der Waals surface area contributed by atoms with E-state index >= 15 is 0 Å². The van der Waals surface area contributed by atoms with Gasteiger partial charge in [0.05, 0.1) is 14.2 Å². The first-order valence-electron chi connectivity index (χ1n) is 7.44. The quantitative estimate of drug-likeness (QED) is 0.767. The molecule has 3 rings (SSSR count). The third-order valence-electron chi connectivity index (χ3n) is 4.22. The van der Waals surface area contributed by atoms with Gasteiger partial charge in [-0.3, -0.25) is 0 Å². The fraction of sp³-hybridized carbons (Fsp3) is 0.333. The third kappa shape index (κ3) is 3.73. The maximum absolute atomic E-state index is 5.50. The largest absolute Gasteiger partial charge is 0.493 e. The Morgan fingerprint density at radius 3 is 2.43 bits per heavy atom. The summed E-state index contributed by atoms with van der Waals surface area (Å²) in [4.78, 5) is 0. The van der Waals surface area contributed by atoms with Crippen LogP contribution in [0.15, 0.2) is 40.9 Å². The molecule has 124 valence electrons. The fourth-order valence-electron chi connectivity index (χ4n) is 3.09. The average molecular weight is 443 g/mol. The lowest BCUT2D eigenvalue weighted by atomic mass is 9.88. The molecular weight excluding hydrogens is 422 g/mol. The van der Waals surface area contributed by atoms with Gasteiger partial charge < -0.3 is 14.8 Å². The minimum Gasteiger partial charge on any atom is -0.493 e. The van der Waals surface area contributed by atoms with Crippen LogP contribution in [0.2, 0.25) is 0 Å². The van der Waals surface area contributed by atoms with E-state index < -0.39 is 0 Å². The molecule has 0 spiro atoms. The SMILES string of the molecule is Br.COc1cc2c(cc1OC)C(c1ccccc1Br)CNCC2. The van der Waals surface area contributed by atoms with E-state index in [1.54, 1.807) is 14.2 Å². The molecule has 0 saturated carbocycles. The Bertz CT molecular complexity index is 676. The van der Waals surface area contributed by atoms with Crippen molar-refractivity contribution >= 4 is 32.9 Å². The van der Waals surface area contributed by atoms with Crippen molar-refractivity contribution in [3.63, 3.8) is 0 Å². The summed E-state index contributed by atoms with van der Waals surface area (Å²) in [6.45, 7) is 1.90. The minimum atomic E-state index is 0. The summed E-state index contributed by atoms with van der Waals surface area (Å²) in [7, 11) is 3.37. The van der Waals surface area contributed by atoms with Gasteiger partial charge in [-0.1, -0.05) is 34.1 Å². The first-order valence-corrected chi connectivity index (χ1v) is 8.24. The van der Waals surface area contributed by atoms with Gasteiger partial charge in [-0.05, 0) is 47.9 Å². The molecule has 5 heteroatoms. The lowest BCUT2D eigenvalue weighted by molar-refractivity contribution is 0.354. The van der Waals surface area contributed by atoms with Crippen LogP contribution < -0.4 is 14.8 Å². The van der Waals surface area contributed by atoms with Crippen molar-refractivity contribution in [2.75, 3.05) is 27.3 Å². The van der Waals surface area contributed by atoms with Gasteiger partial charge in [-0.15, -0.1) is 17.0 Å². The molecule has 2 aromatic carbocycles. The number of nitrogens with one attached hydrogen (secondary N) is 1. The van der Waals surface area contributed by atoms with Crippen molar-refractivity contribution in [3.8, 4) is 11.5 Å². The standard InChI is InChI=1S/C18H20BrNO2.BrH/c1-21-17-9-12-7-8-20-11-15(14(12)10-18(17)22-2)13-5-3-4-6-16(13)19;/h3-6,9-10,15,20H,7-8,11H2,1-2H3;1H. The second-order valence-electron chi connectivity index (χ2n) is 5.43. The van der Waals surface area contributed by atoms with Gasteiger partial charge in [0, 0.05) is 16.9 Å². The topological polar surface area (TPSA) is 30.5 Å². The molecular formula is C18H21Br2NO2. The molecule has 1 aliphatic rings. The molecule has 0 fully saturated rings. The van der Waals surface area contributed by atoms with Crippen molar-refractivity contribution in [1.29, 1.82) is 0 Å². The first kappa shape index (κ1) is 18.3. The van der Waals surface area contributed by atoms with Gasteiger partial charge in [0.1, 0.15) is 0 Å². The number of ether oxygens (including phenoxy) is 2. The van der Waals surface area contributed by atoms with Crippen molar-refractivity contribution in [2.24, 2.45) is 0 Å². The smallest absolute Gasteiger partial charge is 0.161 e. The maximum atomic E-state index is 5.50. The zero-order valence-electron chi connectivity index (χ0n) is 13.3. The minimum absolute atomic E-state index is 0. The van der Waals surface area contributed by atoms with Crippen LogP contribution >= 0.6 is 32.9 Å². The summed E-state index contributed by atoms with van der Waals surface area (Å²) >= 11 is 3.69. The highest BCUT2D eigenvalue weighted by Gasteiger charge is 2.24. The van der Waals surface area contributed by atoms with E-state index in [4.69, 9.17) is 9.47 Å². The number of fused-ring (bicyclic) bond motifs is 1. The van der Waals surface area contributed by atoms with Crippen molar-refractivity contribution in [1.82, 2.24) is 5.32 Å².